The van der Waals surface area contributed by atoms with Crippen molar-refractivity contribution >= 4 is 5.91 Å². The zero-order valence-electron chi connectivity index (χ0n) is 11.8. The summed E-state index contributed by atoms with van der Waals surface area (Å²) in [6, 6.07) is 16.8. The molecule has 0 saturated carbocycles. The number of halogens is 1. The minimum Gasteiger partial charge on any atom is -0.338 e. The lowest BCUT2D eigenvalue weighted by atomic mass is 9.88. The van der Waals surface area contributed by atoms with E-state index < -0.39 is 0 Å². The van der Waals surface area contributed by atoms with Crippen LogP contribution in [-0.4, -0.2) is 17.4 Å². The molecule has 2 aromatic rings. The van der Waals surface area contributed by atoms with Gasteiger partial charge in [-0.3, -0.25) is 4.79 Å². The highest BCUT2D eigenvalue weighted by Gasteiger charge is 2.28. The van der Waals surface area contributed by atoms with Crippen LogP contribution in [0.1, 0.15) is 29.9 Å². The fraction of sp³-hybridized carbons (Fsp3) is 0.278. The molecule has 3 rings (SSSR count). The van der Waals surface area contributed by atoms with Gasteiger partial charge in [0.25, 0.3) is 0 Å². The summed E-state index contributed by atoms with van der Waals surface area (Å²) in [6.07, 6.45) is 1.22. The van der Waals surface area contributed by atoms with Crippen molar-refractivity contribution < 1.29 is 9.18 Å². The van der Waals surface area contributed by atoms with E-state index in [1.807, 2.05) is 41.3 Å². The maximum Gasteiger partial charge on any atom is 0.223 e. The topological polar surface area (TPSA) is 20.3 Å². The van der Waals surface area contributed by atoms with Gasteiger partial charge in [0.05, 0.1) is 0 Å². The number of benzene rings is 2. The molecule has 1 amide bonds. The van der Waals surface area contributed by atoms with E-state index in [-0.39, 0.29) is 17.6 Å². The summed E-state index contributed by atoms with van der Waals surface area (Å²) in [5, 5.41) is 0. The lowest BCUT2D eigenvalue weighted by Crippen LogP contribution is -2.37. The maximum absolute atomic E-state index is 13.8. The van der Waals surface area contributed by atoms with E-state index in [0.29, 0.717) is 25.1 Å². The molecule has 0 unspecified atom stereocenters. The number of amides is 1. The average Bonchev–Trinajstić information content (AvgIpc) is 2.51. The van der Waals surface area contributed by atoms with Crippen LogP contribution in [0.2, 0.25) is 0 Å². The van der Waals surface area contributed by atoms with Gasteiger partial charge in [0.1, 0.15) is 5.82 Å². The molecule has 1 heterocycles. The van der Waals surface area contributed by atoms with Crippen molar-refractivity contribution in [3.8, 4) is 0 Å². The summed E-state index contributed by atoms with van der Waals surface area (Å²) < 4.78 is 13.8. The second kappa shape index (κ2) is 6.08. The van der Waals surface area contributed by atoms with E-state index >= 15 is 0 Å². The van der Waals surface area contributed by atoms with Gasteiger partial charge < -0.3 is 4.90 Å². The van der Waals surface area contributed by atoms with Crippen LogP contribution in [0.4, 0.5) is 4.39 Å². The van der Waals surface area contributed by atoms with Crippen molar-refractivity contribution in [3.05, 3.63) is 71.5 Å². The Morgan fingerprint density at radius 2 is 1.76 bits per heavy atom. The molecule has 1 aliphatic heterocycles. The summed E-state index contributed by atoms with van der Waals surface area (Å²) in [6.45, 7) is 1.33. The molecule has 0 spiro atoms. The molecule has 21 heavy (non-hydrogen) atoms. The Bertz CT molecular complexity index is 626. The molecule has 1 saturated heterocycles. The molecule has 0 aliphatic carbocycles. The van der Waals surface area contributed by atoms with Crippen molar-refractivity contribution in [1.29, 1.82) is 0 Å². The van der Waals surface area contributed by atoms with Gasteiger partial charge in [0, 0.05) is 19.5 Å². The van der Waals surface area contributed by atoms with Crippen LogP contribution < -0.4 is 0 Å². The minimum absolute atomic E-state index is 0.00530. The standard InChI is InChI=1S/C18H18FNO/c19-17-9-5-4-8-16(17)15-10-11-20(18(21)12-15)13-14-6-2-1-3-7-14/h1-9,15H,10-13H2/t15-/m1/s1. The Morgan fingerprint density at radius 1 is 1.05 bits per heavy atom. The van der Waals surface area contributed by atoms with Crippen LogP contribution >= 0.6 is 0 Å². The Kier molecular flexibility index (Phi) is 4.00. The molecule has 0 N–H and O–H groups in total. The van der Waals surface area contributed by atoms with E-state index in [2.05, 4.69) is 0 Å². The van der Waals surface area contributed by atoms with Crippen molar-refractivity contribution in [1.82, 2.24) is 4.90 Å². The number of hydrogen-bond donors (Lipinski definition) is 0. The highest BCUT2D eigenvalue weighted by atomic mass is 19.1. The van der Waals surface area contributed by atoms with Gasteiger partial charge in [0.15, 0.2) is 0 Å². The predicted octanol–water partition coefficient (Wildman–Crippen LogP) is 3.73. The number of hydrogen-bond acceptors (Lipinski definition) is 1. The zero-order chi connectivity index (χ0) is 14.7. The monoisotopic (exact) mass is 283 g/mol. The number of piperidine rings is 1. The summed E-state index contributed by atoms with van der Waals surface area (Å²) >= 11 is 0. The molecule has 0 radical (unpaired) electrons. The zero-order valence-corrected chi connectivity index (χ0v) is 11.8. The Morgan fingerprint density at radius 3 is 2.48 bits per heavy atom. The van der Waals surface area contributed by atoms with Crippen LogP contribution in [0.15, 0.2) is 54.6 Å². The summed E-state index contributed by atoms with van der Waals surface area (Å²) in [4.78, 5) is 14.2. The second-order valence-electron chi connectivity index (χ2n) is 5.51. The second-order valence-corrected chi connectivity index (χ2v) is 5.51. The van der Waals surface area contributed by atoms with Crippen molar-refractivity contribution in [2.75, 3.05) is 6.54 Å². The van der Waals surface area contributed by atoms with Gasteiger partial charge in [0.2, 0.25) is 5.91 Å². The highest BCUT2D eigenvalue weighted by molar-refractivity contribution is 5.78. The smallest absolute Gasteiger partial charge is 0.223 e. The van der Waals surface area contributed by atoms with Crippen LogP contribution in [0.3, 0.4) is 0 Å². The lowest BCUT2D eigenvalue weighted by molar-refractivity contribution is -0.134. The number of nitrogens with zero attached hydrogens (tertiary/aromatic N) is 1. The third-order valence-electron chi connectivity index (χ3n) is 4.08. The fourth-order valence-corrected chi connectivity index (χ4v) is 2.92. The number of carbonyl (C=O) groups is 1. The van der Waals surface area contributed by atoms with Crippen molar-refractivity contribution in [3.63, 3.8) is 0 Å². The highest BCUT2D eigenvalue weighted by Crippen LogP contribution is 2.30. The predicted molar refractivity (Wildman–Crippen MR) is 80.2 cm³/mol. The van der Waals surface area contributed by atoms with Gasteiger partial charge in [-0.2, -0.15) is 0 Å². The summed E-state index contributed by atoms with van der Waals surface area (Å²) in [5.74, 6) is -0.0871. The van der Waals surface area contributed by atoms with E-state index in [9.17, 15) is 9.18 Å². The molecule has 2 aromatic carbocycles. The maximum atomic E-state index is 13.8. The molecule has 0 aromatic heterocycles. The first-order valence-electron chi connectivity index (χ1n) is 7.30. The molecule has 108 valence electrons. The van der Waals surface area contributed by atoms with Gasteiger partial charge in [-0.05, 0) is 29.5 Å². The van der Waals surface area contributed by atoms with E-state index in [4.69, 9.17) is 0 Å². The van der Waals surface area contributed by atoms with Gasteiger partial charge in [-0.1, -0.05) is 48.5 Å². The van der Waals surface area contributed by atoms with Gasteiger partial charge in [-0.25, -0.2) is 4.39 Å². The fourth-order valence-electron chi connectivity index (χ4n) is 2.92. The molecule has 2 nitrogen and oxygen atoms in total. The largest absolute Gasteiger partial charge is 0.338 e. The third-order valence-corrected chi connectivity index (χ3v) is 4.08. The molecule has 1 fully saturated rings. The molecule has 1 atom stereocenters. The SMILES string of the molecule is O=C1C[C@H](c2ccccc2F)CCN1Cc1ccccc1. The van der Waals surface area contributed by atoms with Crippen LogP contribution in [0, 0.1) is 5.82 Å². The first-order valence-corrected chi connectivity index (χ1v) is 7.30. The van der Waals surface area contributed by atoms with E-state index in [1.54, 1.807) is 12.1 Å². The lowest BCUT2D eigenvalue weighted by Gasteiger charge is -2.32. The van der Waals surface area contributed by atoms with Gasteiger partial charge >= 0.3 is 0 Å². The minimum atomic E-state index is -0.202. The van der Waals surface area contributed by atoms with Crippen molar-refractivity contribution in [2.24, 2.45) is 0 Å². The Balaban J connectivity index is 1.67. The van der Waals surface area contributed by atoms with Crippen LogP contribution in [0.5, 0.6) is 0 Å². The first kappa shape index (κ1) is 13.8. The van der Waals surface area contributed by atoms with Crippen LogP contribution in [-0.2, 0) is 11.3 Å². The number of rotatable bonds is 3. The molecular formula is C18H18FNO. The third kappa shape index (κ3) is 3.13. The summed E-state index contributed by atoms with van der Waals surface area (Å²) in [5.41, 5.74) is 1.81. The molecule has 1 aliphatic rings. The number of likely N-dealkylation sites (tertiary alicyclic amines) is 1. The Labute approximate surface area is 124 Å². The van der Waals surface area contributed by atoms with Crippen molar-refractivity contribution in [2.45, 2.75) is 25.3 Å². The van der Waals surface area contributed by atoms with Gasteiger partial charge in [-0.15, -0.1) is 0 Å². The Hall–Kier alpha value is -2.16. The van der Waals surface area contributed by atoms with Crippen LogP contribution in [0.25, 0.3) is 0 Å². The normalized spacial score (nSPS) is 18.8. The molecule has 0 bridgehead atoms. The first-order chi connectivity index (χ1) is 10.2. The van der Waals surface area contributed by atoms with E-state index in [1.165, 1.54) is 6.07 Å². The molecule has 3 heteroatoms. The number of carbonyl (C=O) groups excluding carboxylic acids is 1. The van der Waals surface area contributed by atoms with E-state index in [0.717, 1.165) is 12.0 Å². The average molecular weight is 283 g/mol. The summed E-state index contributed by atoms with van der Waals surface area (Å²) in [7, 11) is 0. The molecular weight excluding hydrogens is 265 g/mol. The quantitative estimate of drug-likeness (QED) is 0.840.